The SMILES string of the molecule is CC.COc1cc(C)cc(O)c1C. The first-order valence-electron chi connectivity index (χ1n) is 4.49. The molecule has 0 saturated carbocycles. The maximum Gasteiger partial charge on any atom is 0.125 e. The van der Waals surface area contributed by atoms with Crippen molar-refractivity contribution < 1.29 is 9.84 Å². The summed E-state index contributed by atoms with van der Waals surface area (Å²) in [6, 6.07) is 3.62. The van der Waals surface area contributed by atoms with E-state index in [1.165, 1.54) is 0 Å². The standard InChI is InChI=1S/C9H12O2.C2H6/c1-6-4-8(10)7(2)9(5-6)11-3;1-2/h4-5,10H,1-3H3;1-2H3. The van der Waals surface area contributed by atoms with Gasteiger partial charge in [0.05, 0.1) is 7.11 Å². The van der Waals surface area contributed by atoms with Crippen LogP contribution in [0.15, 0.2) is 12.1 Å². The van der Waals surface area contributed by atoms with Crippen LogP contribution in [0, 0.1) is 13.8 Å². The van der Waals surface area contributed by atoms with Gasteiger partial charge in [0.25, 0.3) is 0 Å². The van der Waals surface area contributed by atoms with E-state index >= 15 is 0 Å². The van der Waals surface area contributed by atoms with Crippen LogP contribution in [0.2, 0.25) is 0 Å². The molecule has 13 heavy (non-hydrogen) atoms. The fraction of sp³-hybridized carbons (Fsp3) is 0.455. The predicted molar refractivity (Wildman–Crippen MR) is 55.5 cm³/mol. The molecule has 0 bridgehead atoms. The highest BCUT2D eigenvalue weighted by molar-refractivity contribution is 5.45. The lowest BCUT2D eigenvalue weighted by Crippen LogP contribution is -1.88. The summed E-state index contributed by atoms with van der Waals surface area (Å²) < 4.78 is 5.05. The first-order valence-corrected chi connectivity index (χ1v) is 4.49. The Kier molecular flexibility index (Phi) is 4.97. The van der Waals surface area contributed by atoms with Crippen LogP contribution in [0.1, 0.15) is 25.0 Å². The second-order valence-electron chi connectivity index (χ2n) is 2.61. The summed E-state index contributed by atoms with van der Waals surface area (Å²) in [5, 5.41) is 9.33. The van der Waals surface area contributed by atoms with Gasteiger partial charge in [-0.05, 0) is 31.5 Å². The molecular weight excluding hydrogens is 164 g/mol. The Hall–Kier alpha value is -1.18. The first kappa shape index (κ1) is 11.8. The summed E-state index contributed by atoms with van der Waals surface area (Å²) in [6.45, 7) is 7.75. The molecule has 0 fully saturated rings. The molecule has 0 aliphatic rings. The van der Waals surface area contributed by atoms with Crippen molar-refractivity contribution in [3.05, 3.63) is 23.3 Å². The largest absolute Gasteiger partial charge is 0.508 e. The molecule has 0 saturated heterocycles. The molecular formula is C11H18O2. The van der Waals surface area contributed by atoms with E-state index in [0.29, 0.717) is 5.75 Å². The zero-order valence-corrected chi connectivity index (χ0v) is 9.01. The monoisotopic (exact) mass is 182 g/mol. The van der Waals surface area contributed by atoms with Crippen molar-refractivity contribution >= 4 is 0 Å². The van der Waals surface area contributed by atoms with E-state index in [0.717, 1.165) is 16.9 Å². The maximum absolute atomic E-state index is 9.33. The number of aryl methyl sites for hydroxylation is 1. The quantitative estimate of drug-likeness (QED) is 0.723. The van der Waals surface area contributed by atoms with E-state index in [2.05, 4.69) is 0 Å². The number of phenolic OH excluding ortho intramolecular Hbond substituents is 1. The molecule has 0 unspecified atom stereocenters. The minimum atomic E-state index is 0.293. The van der Waals surface area contributed by atoms with Gasteiger partial charge in [-0.3, -0.25) is 0 Å². The molecule has 2 heteroatoms. The van der Waals surface area contributed by atoms with Crippen LogP contribution in [0.3, 0.4) is 0 Å². The molecule has 74 valence electrons. The Morgan fingerprint density at radius 2 is 1.69 bits per heavy atom. The van der Waals surface area contributed by atoms with Gasteiger partial charge in [0.15, 0.2) is 0 Å². The van der Waals surface area contributed by atoms with Gasteiger partial charge in [0, 0.05) is 5.56 Å². The van der Waals surface area contributed by atoms with Gasteiger partial charge in [-0.25, -0.2) is 0 Å². The molecule has 1 N–H and O–H groups in total. The third-order valence-electron chi connectivity index (χ3n) is 1.70. The second kappa shape index (κ2) is 5.46. The van der Waals surface area contributed by atoms with Gasteiger partial charge in [0.2, 0.25) is 0 Å². The third-order valence-corrected chi connectivity index (χ3v) is 1.70. The van der Waals surface area contributed by atoms with Gasteiger partial charge < -0.3 is 9.84 Å². The lowest BCUT2D eigenvalue weighted by molar-refractivity contribution is 0.402. The van der Waals surface area contributed by atoms with Gasteiger partial charge in [-0.15, -0.1) is 0 Å². The minimum Gasteiger partial charge on any atom is -0.508 e. The van der Waals surface area contributed by atoms with E-state index in [1.807, 2.05) is 33.8 Å². The van der Waals surface area contributed by atoms with Crippen molar-refractivity contribution in [1.29, 1.82) is 0 Å². The minimum absolute atomic E-state index is 0.293. The van der Waals surface area contributed by atoms with Crippen LogP contribution in [0.4, 0.5) is 0 Å². The third kappa shape index (κ3) is 2.98. The summed E-state index contributed by atoms with van der Waals surface area (Å²) in [5.41, 5.74) is 1.79. The van der Waals surface area contributed by atoms with Crippen molar-refractivity contribution in [2.45, 2.75) is 27.7 Å². The van der Waals surface area contributed by atoms with Crippen LogP contribution in [-0.2, 0) is 0 Å². The summed E-state index contributed by atoms with van der Waals surface area (Å²) in [6.07, 6.45) is 0. The van der Waals surface area contributed by atoms with Crippen molar-refractivity contribution in [1.82, 2.24) is 0 Å². The Labute approximate surface area is 80.2 Å². The van der Waals surface area contributed by atoms with Gasteiger partial charge >= 0.3 is 0 Å². The smallest absolute Gasteiger partial charge is 0.125 e. The zero-order chi connectivity index (χ0) is 10.4. The molecule has 0 radical (unpaired) electrons. The molecule has 1 aromatic rings. The molecule has 0 heterocycles. The normalized spacial score (nSPS) is 8.69. The van der Waals surface area contributed by atoms with Crippen LogP contribution in [-0.4, -0.2) is 12.2 Å². The average molecular weight is 182 g/mol. The van der Waals surface area contributed by atoms with Crippen LogP contribution in [0.5, 0.6) is 11.5 Å². The lowest BCUT2D eigenvalue weighted by Gasteiger charge is -2.06. The van der Waals surface area contributed by atoms with E-state index in [-0.39, 0.29) is 0 Å². The zero-order valence-electron chi connectivity index (χ0n) is 9.01. The number of phenols is 1. The van der Waals surface area contributed by atoms with Gasteiger partial charge in [0.1, 0.15) is 11.5 Å². The summed E-state index contributed by atoms with van der Waals surface area (Å²) in [4.78, 5) is 0. The van der Waals surface area contributed by atoms with E-state index < -0.39 is 0 Å². The van der Waals surface area contributed by atoms with Crippen molar-refractivity contribution in [3.8, 4) is 11.5 Å². The summed E-state index contributed by atoms with van der Waals surface area (Å²) in [5.74, 6) is 1.03. The Balaban J connectivity index is 0.000000671. The number of methoxy groups -OCH3 is 1. The number of aromatic hydroxyl groups is 1. The summed E-state index contributed by atoms with van der Waals surface area (Å²) in [7, 11) is 1.60. The number of benzene rings is 1. The van der Waals surface area contributed by atoms with Crippen molar-refractivity contribution in [2.75, 3.05) is 7.11 Å². The maximum atomic E-state index is 9.33. The van der Waals surface area contributed by atoms with Crippen molar-refractivity contribution in [3.63, 3.8) is 0 Å². The molecule has 0 spiro atoms. The molecule has 2 nitrogen and oxygen atoms in total. The van der Waals surface area contributed by atoms with Gasteiger partial charge in [-0.2, -0.15) is 0 Å². The fourth-order valence-corrected chi connectivity index (χ4v) is 1.02. The van der Waals surface area contributed by atoms with Crippen molar-refractivity contribution in [2.24, 2.45) is 0 Å². The van der Waals surface area contributed by atoms with E-state index in [4.69, 9.17) is 4.74 Å². The number of hydrogen-bond donors (Lipinski definition) is 1. The molecule has 1 aromatic carbocycles. The van der Waals surface area contributed by atoms with Crippen LogP contribution < -0.4 is 4.74 Å². The number of ether oxygens (including phenoxy) is 1. The topological polar surface area (TPSA) is 29.5 Å². The summed E-state index contributed by atoms with van der Waals surface area (Å²) >= 11 is 0. The molecule has 0 aromatic heterocycles. The Morgan fingerprint density at radius 1 is 1.15 bits per heavy atom. The molecule has 0 aliphatic heterocycles. The average Bonchev–Trinajstić information content (AvgIpc) is 2.14. The fourth-order valence-electron chi connectivity index (χ4n) is 1.02. The molecule has 1 rings (SSSR count). The number of hydrogen-bond acceptors (Lipinski definition) is 2. The van der Waals surface area contributed by atoms with Crippen LogP contribution >= 0.6 is 0 Å². The lowest BCUT2D eigenvalue weighted by atomic mass is 10.1. The van der Waals surface area contributed by atoms with E-state index in [1.54, 1.807) is 13.2 Å². The molecule has 0 amide bonds. The highest BCUT2D eigenvalue weighted by atomic mass is 16.5. The number of rotatable bonds is 1. The Bertz CT molecular complexity index is 267. The van der Waals surface area contributed by atoms with E-state index in [9.17, 15) is 5.11 Å². The Morgan fingerprint density at radius 3 is 2.15 bits per heavy atom. The predicted octanol–water partition coefficient (Wildman–Crippen LogP) is 3.04. The molecule has 0 atom stereocenters. The second-order valence-corrected chi connectivity index (χ2v) is 2.61. The van der Waals surface area contributed by atoms with Gasteiger partial charge in [-0.1, -0.05) is 13.8 Å². The highest BCUT2D eigenvalue weighted by Crippen LogP contribution is 2.27. The highest BCUT2D eigenvalue weighted by Gasteiger charge is 2.03. The first-order chi connectivity index (χ1) is 6.15. The van der Waals surface area contributed by atoms with Crippen LogP contribution in [0.25, 0.3) is 0 Å². The molecule has 0 aliphatic carbocycles.